The second-order valence-electron chi connectivity index (χ2n) is 7.01. The topological polar surface area (TPSA) is 111 Å². The molecular weight excluding hydrogens is 398 g/mol. The third kappa shape index (κ3) is 6.53. The fourth-order valence-corrected chi connectivity index (χ4v) is 2.74. The zero-order chi connectivity index (χ0) is 22.2. The molecule has 0 bridgehead atoms. The van der Waals surface area contributed by atoms with Gasteiger partial charge in [0.05, 0.1) is 18.3 Å². The van der Waals surface area contributed by atoms with Crippen LogP contribution in [0.1, 0.15) is 40.1 Å². The highest BCUT2D eigenvalue weighted by Gasteiger charge is 2.13. The predicted octanol–water partition coefficient (Wildman–Crippen LogP) is 3.84. The van der Waals surface area contributed by atoms with Gasteiger partial charge in [-0.25, -0.2) is 9.78 Å². The van der Waals surface area contributed by atoms with Crippen molar-refractivity contribution in [1.82, 2.24) is 9.97 Å². The Bertz CT molecular complexity index is 1040. The lowest BCUT2D eigenvalue weighted by molar-refractivity contribution is 0.0696. The van der Waals surface area contributed by atoms with Crippen molar-refractivity contribution in [2.75, 3.05) is 11.9 Å². The van der Waals surface area contributed by atoms with E-state index in [0.29, 0.717) is 30.1 Å². The van der Waals surface area contributed by atoms with E-state index in [0.717, 1.165) is 5.56 Å². The van der Waals surface area contributed by atoms with E-state index in [9.17, 15) is 9.59 Å². The number of nitrogens with one attached hydrogen (secondary N) is 1. The molecule has 1 aromatic carbocycles. The Kier molecular flexibility index (Phi) is 7.16. The van der Waals surface area contributed by atoms with Crippen LogP contribution in [0.2, 0.25) is 0 Å². The number of carbonyl (C=O) groups is 2. The van der Waals surface area contributed by atoms with Gasteiger partial charge in [0.2, 0.25) is 0 Å². The maximum absolute atomic E-state index is 12.7. The third-order valence-electron chi connectivity index (χ3n) is 4.15. The van der Waals surface area contributed by atoms with Crippen molar-refractivity contribution < 1.29 is 24.2 Å². The molecule has 0 atom stereocenters. The lowest BCUT2D eigenvalue weighted by Crippen LogP contribution is -2.14. The Morgan fingerprint density at radius 3 is 2.52 bits per heavy atom. The van der Waals surface area contributed by atoms with Crippen molar-refractivity contribution in [3.63, 3.8) is 0 Å². The molecular formula is C23H23N3O5. The van der Waals surface area contributed by atoms with E-state index in [1.54, 1.807) is 30.6 Å². The summed E-state index contributed by atoms with van der Waals surface area (Å²) in [5, 5.41) is 11.6. The van der Waals surface area contributed by atoms with Gasteiger partial charge in [-0.15, -0.1) is 0 Å². The van der Waals surface area contributed by atoms with E-state index < -0.39 is 11.9 Å². The first-order valence-electron chi connectivity index (χ1n) is 9.75. The number of carboxylic acids is 1. The summed E-state index contributed by atoms with van der Waals surface area (Å²) >= 11 is 0. The van der Waals surface area contributed by atoms with Crippen LogP contribution in [0.3, 0.4) is 0 Å². The van der Waals surface area contributed by atoms with Crippen molar-refractivity contribution in [2.45, 2.75) is 26.4 Å². The van der Waals surface area contributed by atoms with Crippen molar-refractivity contribution in [2.24, 2.45) is 0 Å². The Hall–Kier alpha value is -3.94. The number of carbonyl (C=O) groups excluding carboxylic acids is 1. The van der Waals surface area contributed by atoms with Gasteiger partial charge in [-0.1, -0.05) is 6.07 Å². The second-order valence-corrected chi connectivity index (χ2v) is 7.01. The SMILES string of the molecule is CC(C)Oc1cc(OCCc2cccnc2)cc(C(=O)Nc2ccc(C(=O)O)cn2)c1. The van der Waals surface area contributed by atoms with Crippen molar-refractivity contribution >= 4 is 17.7 Å². The van der Waals surface area contributed by atoms with Gasteiger partial charge in [0.1, 0.15) is 17.3 Å². The maximum Gasteiger partial charge on any atom is 0.337 e. The monoisotopic (exact) mass is 421 g/mol. The van der Waals surface area contributed by atoms with Crippen molar-refractivity contribution in [3.8, 4) is 11.5 Å². The molecule has 2 aromatic heterocycles. The van der Waals surface area contributed by atoms with E-state index in [1.807, 2.05) is 26.0 Å². The van der Waals surface area contributed by atoms with Crippen LogP contribution in [-0.2, 0) is 6.42 Å². The molecule has 3 aromatic rings. The molecule has 0 radical (unpaired) electrons. The molecule has 0 aliphatic carbocycles. The number of pyridine rings is 2. The number of amides is 1. The van der Waals surface area contributed by atoms with Gasteiger partial charge in [0, 0.05) is 36.6 Å². The lowest BCUT2D eigenvalue weighted by Gasteiger charge is -2.14. The smallest absolute Gasteiger partial charge is 0.337 e. The number of rotatable bonds is 9. The number of ether oxygens (including phenoxy) is 2. The molecule has 0 saturated carbocycles. The van der Waals surface area contributed by atoms with Gasteiger partial charge >= 0.3 is 5.97 Å². The summed E-state index contributed by atoms with van der Waals surface area (Å²) in [5.74, 6) is -0.252. The normalized spacial score (nSPS) is 10.5. The van der Waals surface area contributed by atoms with Crippen LogP contribution in [0.5, 0.6) is 11.5 Å². The molecule has 2 heterocycles. The van der Waals surface area contributed by atoms with Crippen molar-refractivity contribution in [3.05, 3.63) is 77.7 Å². The van der Waals surface area contributed by atoms with Crippen LogP contribution in [0.4, 0.5) is 5.82 Å². The van der Waals surface area contributed by atoms with Crippen LogP contribution in [0.25, 0.3) is 0 Å². The summed E-state index contributed by atoms with van der Waals surface area (Å²) in [5.41, 5.74) is 1.42. The lowest BCUT2D eigenvalue weighted by atomic mass is 10.1. The minimum Gasteiger partial charge on any atom is -0.493 e. The summed E-state index contributed by atoms with van der Waals surface area (Å²) in [7, 11) is 0. The van der Waals surface area contributed by atoms with Gasteiger partial charge in [-0.2, -0.15) is 0 Å². The highest BCUT2D eigenvalue weighted by Crippen LogP contribution is 2.25. The summed E-state index contributed by atoms with van der Waals surface area (Å²) in [6.45, 7) is 4.20. The molecule has 1 amide bonds. The van der Waals surface area contributed by atoms with E-state index in [2.05, 4.69) is 15.3 Å². The molecule has 8 heteroatoms. The number of benzene rings is 1. The first-order chi connectivity index (χ1) is 14.9. The van der Waals surface area contributed by atoms with Crippen LogP contribution >= 0.6 is 0 Å². The molecule has 160 valence electrons. The highest BCUT2D eigenvalue weighted by molar-refractivity contribution is 6.04. The zero-order valence-corrected chi connectivity index (χ0v) is 17.2. The number of hydrogen-bond acceptors (Lipinski definition) is 6. The molecule has 0 unspecified atom stereocenters. The number of hydrogen-bond donors (Lipinski definition) is 2. The first kappa shape index (κ1) is 21.8. The number of nitrogens with zero attached hydrogens (tertiary/aromatic N) is 2. The molecule has 31 heavy (non-hydrogen) atoms. The minimum atomic E-state index is -1.09. The van der Waals surface area contributed by atoms with E-state index in [1.165, 1.54) is 18.3 Å². The fourth-order valence-electron chi connectivity index (χ4n) is 2.74. The number of aromatic carboxylic acids is 1. The molecule has 8 nitrogen and oxygen atoms in total. The Morgan fingerprint density at radius 2 is 1.87 bits per heavy atom. The van der Waals surface area contributed by atoms with Crippen LogP contribution in [0, 0.1) is 0 Å². The van der Waals surface area contributed by atoms with Crippen LogP contribution in [0.15, 0.2) is 61.1 Å². The zero-order valence-electron chi connectivity index (χ0n) is 17.2. The fraction of sp³-hybridized carbons (Fsp3) is 0.217. The Labute approximate surface area is 179 Å². The number of carboxylic acid groups (broad SMARTS) is 1. The van der Waals surface area contributed by atoms with E-state index >= 15 is 0 Å². The number of anilines is 1. The molecule has 0 aliphatic heterocycles. The van der Waals surface area contributed by atoms with E-state index in [4.69, 9.17) is 14.6 Å². The largest absolute Gasteiger partial charge is 0.493 e. The Balaban J connectivity index is 1.73. The third-order valence-corrected chi connectivity index (χ3v) is 4.15. The minimum absolute atomic E-state index is 0.0367. The maximum atomic E-state index is 12.7. The van der Waals surface area contributed by atoms with Gasteiger partial charge in [-0.3, -0.25) is 9.78 Å². The Morgan fingerprint density at radius 1 is 1.06 bits per heavy atom. The van der Waals surface area contributed by atoms with Crippen LogP contribution in [-0.4, -0.2) is 39.7 Å². The first-order valence-corrected chi connectivity index (χ1v) is 9.75. The van der Waals surface area contributed by atoms with Gasteiger partial charge in [-0.05, 0) is 49.7 Å². The van der Waals surface area contributed by atoms with Crippen LogP contribution < -0.4 is 14.8 Å². The summed E-state index contributed by atoms with van der Waals surface area (Å²) in [4.78, 5) is 31.7. The summed E-state index contributed by atoms with van der Waals surface area (Å²) in [6.07, 6.45) is 5.27. The molecule has 3 rings (SSSR count). The van der Waals surface area contributed by atoms with Gasteiger partial charge in [0.25, 0.3) is 5.91 Å². The van der Waals surface area contributed by atoms with E-state index in [-0.39, 0.29) is 17.5 Å². The second kappa shape index (κ2) is 10.2. The average Bonchev–Trinajstić information content (AvgIpc) is 2.74. The van der Waals surface area contributed by atoms with Gasteiger partial charge in [0.15, 0.2) is 0 Å². The average molecular weight is 421 g/mol. The number of aromatic nitrogens is 2. The van der Waals surface area contributed by atoms with Gasteiger partial charge < -0.3 is 19.9 Å². The quantitative estimate of drug-likeness (QED) is 0.540. The highest BCUT2D eigenvalue weighted by atomic mass is 16.5. The predicted molar refractivity (Wildman–Crippen MR) is 115 cm³/mol. The molecule has 0 spiro atoms. The standard InChI is InChI=1S/C23H23N3O5/c1-15(2)31-20-11-18(22(27)26-21-6-5-17(14-25-21)23(28)29)10-19(12-20)30-9-7-16-4-3-8-24-13-16/h3-6,8,10-15H,7,9H2,1-2H3,(H,28,29)(H,25,26,27). The summed E-state index contributed by atoms with van der Waals surface area (Å²) < 4.78 is 11.6. The molecule has 0 fully saturated rings. The molecule has 2 N–H and O–H groups in total. The summed E-state index contributed by atoms with van der Waals surface area (Å²) in [6, 6.07) is 11.6. The molecule has 0 aliphatic rings. The van der Waals surface area contributed by atoms with Crippen molar-refractivity contribution in [1.29, 1.82) is 0 Å². The molecule has 0 saturated heterocycles.